The molecule has 1 aromatic carbocycles. The van der Waals surface area contributed by atoms with Crippen LogP contribution in [0.25, 0.3) is 0 Å². The zero-order chi connectivity index (χ0) is 12.4. The van der Waals surface area contributed by atoms with Gasteiger partial charge < -0.3 is 10.6 Å². The second-order valence-electron chi connectivity index (χ2n) is 4.92. The quantitative estimate of drug-likeness (QED) is 0.882. The summed E-state index contributed by atoms with van der Waals surface area (Å²) in [7, 11) is 0. The van der Waals surface area contributed by atoms with Crippen LogP contribution in [0, 0.1) is 13.8 Å². The number of nitrogens with one attached hydrogen (secondary N) is 2. The summed E-state index contributed by atoms with van der Waals surface area (Å²) in [4.78, 5) is 12.0. The van der Waals surface area contributed by atoms with Gasteiger partial charge in [-0.15, -0.1) is 12.4 Å². The molecule has 100 valence electrons. The number of hydrogen-bond donors (Lipinski definition) is 2. The van der Waals surface area contributed by atoms with Crippen LogP contribution in [0.15, 0.2) is 18.2 Å². The first-order valence-corrected chi connectivity index (χ1v) is 6.21. The highest BCUT2D eigenvalue weighted by atomic mass is 35.5. The molecule has 1 saturated carbocycles. The van der Waals surface area contributed by atoms with Crippen molar-refractivity contribution >= 4 is 24.0 Å². The van der Waals surface area contributed by atoms with Gasteiger partial charge >= 0.3 is 0 Å². The standard InChI is InChI=1S/C14H20N2O.ClH/c1-9-5-4-6-10(2)13(9)16-14(17)11(3)15-12-7-8-12;/h4-6,11-12,15H,7-8H2,1-3H3,(H,16,17);1H. The van der Waals surface area contributed by atoms with Crippen molar-refractivity contribution in [2.75, 3.05) is 5.32 Å². The summed E-state index contributed by atoms with van der Waals surface area (Å²) in [6, 6.07) is 6.46. The van der Waals surface area contributed by atoms with E-state index in [-0.39, 0.29) is 24.4 Å². The van der Waals surface area contributed by atoms with Gasteiger partial charge in [-0.05, 0) is 44.7 Å². The maximum atomic E-state index is 12.0. The maximum absolute atomic E-state index is 12.0. The van der Waals surface area contributed by atoms with Crippen LogP contribution < -0.4 is 10.6 Å². The number of carbonyl (C=O) groups is 1. The van der Waals surface area contributed by atoms with Crippen molar-refractivity contribution in [2.45, 2.75) is 45.7 Å². The first-order valence-electron chi connectivity index (χ1n) is 6.21. The lowest BCUT2D eigenvalue weighted by atomic mass is 10.1. The molecule has 1 atom stereocenters. The lowest BCUT2D eigenvalue weighted by Crippen LogP contribution is -2.39. The molecule has 3 nitrogen and oxygen atoms in total. The van der Waals surface area contributed by atoms with E-state index >= 15 is 0 Å². The van der Waals surface area contributed by atoms with Gasteiger partial charge in [-0.2, -0.15) is 0 Å². The molecule has 1 amide bonds. The molecule has 0 saturated heterocycles. The number of carbonyl (C=O) groups excluding carboxylic acids is 1. The summed E-state index contributed by atoms with van der Waals surface area (Å²) in [5, 5.41) is 6.31. The fraction of sp³-hybridized carbons (Fsp3) is 0.500. The number of anilines is 1. The van der Waals surface area contributed by atoms with E-state index in [4.69, 9.17) is 0 Å². The fourth-order valence-corrected chi connectivity index (χ4v) is 1.92. The van der Waals surface area contributed by atoms with E-state index in [0.29, 0.717) is 6.04 Å². The van der Waals surface area contributed by atoms with Gasteiger partial charge in [0.1, 0.15) is 0 Å². The third-order valence-electron chi connectivity index (χ3n) is 3.19. The number of hydrogen-bond acceptors (Lipinski definition) is 2. The molecule has 1 aliphatic rings. The number of benzene rings is 1. The highest BCUT2D eigenvalue weighted by Gasteiger charge is 2.25. The molecule has 0 aliphatic heterocycles. The molecule has 2 rings (SSSR count). The van der Waals surface area contributed by atoms with Crippen LogP contribution in [-0.2, 0) is 4.79 Å². The number of halogens is 1. The van der Waals surface area contributed by atoms with Crippen molar-refractivity contribution < 1.29 is 4.79 Å². The van der Waals surface area contributed by atoms with Gasteiger partial charge in [-0.3, -0.25) is 4.79 Å². The van der Waals surface area contributed by atoms with E-state index in [9.17, 15) is 4.79 Å². The summed E-state index contributed by atoms with van der Waals surface area (Å²) in [6.07, 6.45) is 2.39. The Morgan fingerprint density at radius 2 is 1.83 bits per heavy atom. The van der Waals surface area contributed by atoms with Crippen molar-refractivity contribution in [3.05, 3.63) is 29.3 Å². The van der Waals surface area contributed by atoms with Crippen molar-refractivity contribution in [3.8, 4) is 0 Å². The van der Waals surface area contributed by atoms with Crippen LogP contribution in [0.1, 0.15) is 30.9 Å². The first kappa shape index (κ1) is 15.0. The largest absolute Gasteiger partial charge is 0.324 e. The molecule has 1 aromatic rings. The average molecular weight is 269 g/mol. The monoisotopic (exact) mass is 268 g/mol. The summed E-state index contributed by atoms with van der Waals surface area (Å²) < 4.78 is 0. The second kappa shape index (κ2) is 6.21. The number of amides is 1. The molecular weight excluding hydrogens is 248 g/mol. The Morgan fingerprint density at radius 3 is 2.33 bits per heavy atom. The number of para-hydroxylation sites is 1. The smallest absolute Gasteiger partial charge is 0.241 e. The predicted molar refractivity (Wildman–Crippen MR) is 77.4 cm³/mol. The van der Waals surface area contributed by atoms with Gasteiger partial charge in [0, 0.05) is 11.7 Å². The van der Waals surface area contributed by atoms with E-state index in [0.717, 1.165) is 16.8 Å². The van der Waals surface area contributed by atoms with E-state index in [1.54, 1.807) is 0 Å². The van der Waals surface area contributed by atoms with Crippen LogP contribution >= 0.6 is 12.4 Å². The molecule has 4 heteroatoms. The summed E-state index contributed by atoms with van der Waals surface area (Å²) >= 11 is 0. The molecule has 2 N–H and O–H groups in total. The third kappa shape index (κ3) is 3.72. The summed E-state index contributed by atoms with van der Waals surface area (Å²) in [5.74, 6) is 0.0503. The molecule has 1 unspecified atom stereocenters. The zero-order valence-corrected chi connectivity index (χ0v) is 11.9. The van der Waals surface area contributed by atoms with Crippen LogP contribution in [0.3, 0.4) is 0 Å². The predicted octanol–water partition coefficient (Wildman–Crippen LogP) is 2.80. The van der Waals surface area contributed by atoms with E-state index in [2.05, 4.69) is 10.6 Å². The molecule has 0 aromatic heterocycles. The molecule has 1 fully saturated rings. The van der Waals surface area contributed by atoms with Gasteiger partial charge in [0.05, 0.1) is 6.04 Å². The first-order chi connectivity index (χ1) is 8.08. The van der Waals surface area contributed by atoms with E-state index in [1.165, 1.54) is 12.8 Å². The summed E-state index contributed by atoms with van der Waals surface area (Å²) in [5.41, 5.74) is 3.16. The van der Waals surface area contributed by atoms with Crippen molar-refractivity contribution in [1.82, 2.24) is 5.32 Å². The third-order valence-corrected chi connectivity index (χ3v) is 3.19. The topological polar surface area (TPSA) is 41.1 Å². The Balaban J connectivity index is 0.00000162. The van der Waals surface area contributed by atoms with E-state index in [1.807, 2.05) is 39.0 Å². The minimum absolute atomic E-state index is 0. The minimum atomic E-state index is -0.124. The molecule has 0 heterocycles. The number of rotatable bonds is 4. The zero-order valence-electron chi connectivity index (χ0n) is 11.1. The average Bonchev–Trinajstić information content (AvgIpc) is 3.07. The Kier molecular flexibility index (Phi) is 5.17. The normalized spacial score (nSPS) is 15.7. The van der Waals surface area contributed by atoms with Gasteiger partial charge in [-0.25, -0.2) is 0 Å². The molecule has 18 heavy (non-hydrogen) atoms. The van der Waals surface area contributed by atoms with Gasteiger partial charge in [0.2, 0.25) is 5.91 Å². The van der Waals surface area contributed by atoms with Gasteiger partial charge in [0.15, 0.2) is 0 Å². The fourth-order valence-electron chi connectivity index (χ4n) is 1.92. The lowest BCUT2D eigenvalue weighted by Gasteiger charge is -2.16. The second-order valence-corrected chi connectivity index (χ2v) is 4.92. The van der Waals surface area contributed by atoms with Crippen LogP contribution in [-0.4, -0.2) is 18.0 Å². The van der Waals surface area contributed by atoms with Crippen molar-refractivity contribution in [1.29, 1.82) is 0 Å². The SMILES string of the molecule is Cc1cccc(C)c1NC(=O)C(C)NC1CC1.Cl. The molecular formula is C14H21ClN2O. The van der Waals surface area contributed by atoms with Crippen molar-refractivity contribution in [2.24, 2.45) is 0 Å². The highest BCUT2D eigenvalue weighted by molar-refractivity contribution is 5.95. The van der Waals surface area contributed by atoms with Gasteiger partial charge in [0.25, 0.3) is 0 Å². The molecule has 0 spiro atoms. The Hall–Kier alpha value is -1.06. The Bertz CT molecular complexity index is 410. The maximum Gasteiger partial charge on any atom is 0.241 e. The molecule has 0 bridgehead atoms. The van der Waals surface area contributed by atoms with E-state index < -0.39 is 0 Å². The summed E-state index contributed by atoms with van der Waals surface area (Å²) in [6.45, 7) is 5.95. The van der Waals surface area contributed by atoms with Crippen LogP contribution in [0.2, 0.25) is 0 Å². The lowest BCUT2D eigenvalue weighted by molar-refractivity contribution is -0.117. The minimum Gasteiger partial charge on any atom is -0.324 e. The molecule has 1 aliphatic carbocycles. The molecule has 0 radical (unpaired) electrons. The van der Waals surface area contributed by atoms with Crippen LogP contribution in [0.4, 0.5) is 5.69 Å². The van der Waals surface area contributed by atoms with Crippen LogP contribution in [0.5, 0.6) is 0 Å². The van der Waals surface area contributed by atoms with Gasteiger partial charge in [-0.1, -0.05) is 18.2 Å². The Labute approximate surface area is 115 Å². The highest BCUT2D eigenvalue weighted by Crippen LogP contribution is 2.21. The van der Waals surface area contributed by atoms with Crippen molar-refractivity contribution in [3.63, 3.8) is 0 Å². The Morgan fingerprint density at radius 1 is 1.28 bits per heavy atom. The number of aryl methyl sites for hydroxylation is 2.